The normalized spacial score (nSPS) is 15.7. The Kier molecular flexibility index (Phi) is 158. The van der Waals surface area contributed by atoms with E-state index in [4.69, 9.17) is 163 Å². The molecule has 3 saturated heterocycles. The van der Waals surface area contributed by atoms with Crippen LogP contribution in [0, 0.1) is 91.9 Å². The monoisotopic (exact) mass is 1310 g/mol. The summed E-state index contributed by atoms with van der Waals surface area (Å²) in [6, 6.07) is 0. The van der Waals surface area contributed by atoms with Crippen molar-refractivity contribution in [2.75, 3.05) is 198 Å². The van der Waals surface area contributed by atoms with Gasteiger partial charge in [-0.25, -0.2) is 0 Å². The molecule has 0 unspecified atom stereocenters. The maximum atomic E-state index is 8.25. The van der Waals surface area contributed by atoms with E-state index in [0.717, 1.165) is 0 Å². The fourth-order valence-electron chi connectivity index (χ4n) is 3.30. The average Bonchev–Trinajstić information content (AvgIpc) is 3.27. The molecule has 0 aromatic heterocycles. The van der Waals surface area contributed by atoms with E-state index in [9.17, 15) is 0 Å². The molecule has 3 fully saturated rings. The minimum atomic E-state index is -1.75. The van der Waals surface area contributed by atoms with Crippen LogP contribution >= 0.6 is 0 Å². The van der Waals surface area contributed by atoms with E-state index >= 15 is 0 Å². The van der Waals surface area contributed by atoms with Crippen LogP contribution in [0.5, 0.6) is 0 Å². The van der Waals surface area contributed by atoms with Crippen LogP contribution in [-0.2, 0) is 155 Å². The van der Waals surface area contributed by atoms with Gasteiger partial charge in [-0.15, -0.1) is 0 Å². The van der Waals surface area contributed by atoms with E-state index in [2.05, 4.69) is 0 Å². The summed E-state index contributed by atoms with van der Waals surface area (Å²) in [6.45, 7) is 18.3. The van der Waals surface area contributed by atoms with Gasteiger partial charge < -0.3 is 196 Å². The summed E-state index contributed by atoms with van der Waals surface area (Å²) in [5.41, 5.74) is 0. The largest absolute Gasteiger partial charge is 2.00 e. The van der Waals surface area contributed by atoms with Gasteiger partial charge in [0.2, 0.25) is 0 Å². The molecule has 3 aliphatic rings. The maximum absolute atomic E-state index is 8.25. The van der Waals surface area contributed by atoms with E-state index < -0.39 is 30.5 Å². The van der Waals surface area contributed by atoms with Gasteiger partial charge in [0.05, 0.1) is 229 Å². The third-order valence-electron chi connectivity index (χ3n) is 5.58. The second kappa shape index (κ2) is 109. The summed E-state index contributed by atoms with van der Waals surface area (Å²) in [6.07, 6.45) is 0. The summed E-state index contributed by atoms with van der Waals surface area (Å²) in [5, 5.41) is 88.5. The molecule has 3 rings (SSSR count). The number of nitrogens with zero attached hydrogens (tertiary/aromatic N) is 6. The first-order chi connectivity index (χ1) is 32.9. The predicted octanol–water partition coefficient (Wildman–Crippen LogP) is -6.72. The van der Waals surface area contributed by atoms with Crippen molar-refractivity contribution in [2.24, 2.45) is 0 Å². The number of ether oxygens (including phenoxy) is 15. The molecule has 0 aliphatic carbocycles. The zero-order valence-electron chi connectivity index (χ0n) is 42.0. The topological polar surface area (TPSA) is 734 Å². The first-order valence-electron chi connectivity index (χ1n) is 19.4. The van der Waals surface area contributed by atoms with Crippen molar-refractivity contribution in [3.8, 4) is 0 Å². The van der Waals surface area contributed by atoms with Crippen LogP contribution in [0.2, 0.25) is 0 Å². The molecule has 477 valence electrons. The van der Waals surface area contributed by atoms with Gasteiger partial charge in [-0.1, -0.05) is 0 Å². The van der Waals surface area contributed by atoms with Gasteiger partial charge in [-0.3, -0.25) is 0 Å². The van der Waals surface area contributed by atoms with Gasteiger partial charge in [0.15, 0.2) is 0 Å². The zero-order valence-corrected chi connectivity index (χ0v) is 45.5. The van der Waals surface area contributed by atoms with Gasteiger partial charge in [0, 0.05) is 0 Å². The zero-order chi connectivity index (χ0) is 53.3. The van der Waals surface area contributed by atoms with E-state index in [1.807, 2.05) is 0 Å². The minimum absolute atomic E-state index is 0. The molecule has 3 radical (unpaired) electrons. The number of hydrogen-bond acceptors (Lipinski definition) is 33. The predicted molar refractivity (Wildman–Crippen MR) is 254 cm³/mol. The Morgan fingerprint density at radius 2 is 0.179 bits per heavy atom. The molecule has 0 bridgehead atoms. The standard InChI is InChI=1S/3C10H20O5.3Mn.6NO3.6H2O/c3*1-2-12-5-6-14-9-10-15-8-7-13-4-3-11-1;;;;6*2-1(3)4;;;;;;/h3*1-10H2;;;;;;;;;;6*1H2/q;;;3*+2;6*-1;;;;;;/p+6. The van der Waals surface area contributed by atoms with Crippen molar-refractivity contribution in [2.45, 2.75) is 0 Å². The fraction of sp³-hybridized carbons (Fsp3) is 1.00. The van der Waals surface area contributed by atoms with Gasteiger partial charge in [0.25, 0.3) is 0 Å². The van der Waals surface area contributed by atoms with Gasteiger partial charge in [-0.2, -0.15) is 0 Å². The SMILES string of the molecule is C1COCCOCCOCCOCCO1.C1COCCOCCOCCOCCO1.C1COCCOCCOCCOCCO1.O=[N+]([O-])[O-].O=[N+]([O-])[O-].O=[N+]([O-])[O-].O=[N+]([O-])[O-].O=[N+]([O-])[O-].O=[N+]([O-])[O-].[Mn+2].[Mn+2].[Mn+2].[OH3+].[OH3+].[OH3+].[OH3+].[OH3+].[OH3+]. The quantitative estimate of drug-likeness (QED) is 0.0941. The molecule has 45 nitrogen and oxygen atoms in total. The third kappa shape index (κ3) is 216. The smallest absolute Gasteiger partial charge is 0.457 e. The van der Waals surface area contributed by atoms with Gasteiger partial charge in [0.1, 0.15) is 0 Å². The summed E-state index contributed by atoms with van der Waals surface area (Å²) in [4.78, 5) is 49.5. The van der Waals surface area contributed by atoms with Crippen molar-refractivity contribution in [1.29, 1.82) is 0 Å². The van der Waals surface area contributed by atoms with Crippen molar-refractivity contribution in [3.63, 3.8) is 0 Å². The van der Waals surface area contributed by atoms with E-state index in [-0.39, 0.29) is 84.1 Å². The maximum Gasteiger partial charge on any atom is 2.00 e. The molecular formula is C30H78Mn3N6O39+6. The summed E-state index contributed by atoms with van der Waals surface area (Å²) < 4.78 is 79.2. The molecule has 0 amide bonds. The van der Waals surface area contributed by atoms with Crippen LogP contribution in [0.25, 0.3) is 0 Å². The first-order valence-corrected chi connectivity index (χ1v) is 19.4. The Morgan fingerprint density at radius 3 is 0.205 bits per heavy atom. The Morgan fingerprint density at radius 1 is 0.154 bits per heavy atom. The second-order valence-electron chi connectivity index (χ2n) is 10.5. The molecular weight excluding hydrogens is 1230 g/mol. The third-order valence-corrected chi connectivity index (χ3v) is 5.58. The molecule has 3 heterocycles. The van der Waals surface area contributed by atoms with Crippen molar-refractivity contribution >= 4 is 0 Å². The first kappa shape index (κ1) is 113. The Bertz CT molecular complexity index is 756. The minimum Gasteiger partial charge on any atom is -0.457 e. The molecule has 3 aliphatic heterocycles. The number of hydrogen-bond donors (Lipinski definition) is 0. The molecule has 0 atom stereocenters. The summed E-state index contributed by atoms with van der Waals surface area (Å²) >= 11 is 0. The average molecular weight is 1310 g/mol. The van der Waals surface area contributed by atoms with Crippen LogP contribution < -0.4 is 0 Å². The van der Waals surface area contributed by atoms with Crippen molar-refractivity contribution in [3.05, 3.63) is 91.9 Å². The van der Waals surface area contributed by atoms with E-state index in [1.165, 1.54) is 0 Å². The van der Waals surface area contributed by atoms with Crippen LogP contribution in [-0.4, -0.2) is 229 Å². The fourth-order valence-corrected chi connectivity index (χ4v) is 3.30. The molecule has 0 aromatic rings. The van der Waals surface area contributed by atoms with Crippen LogP contribution in [0.15, 0.2) is 0 Å². The molecule has 78 heavy (non-hydrogen) atoms. The Balaban J connectivity index is -0.0000000464. The second-order valence-corrected chi connectivity index (χ2v) is 10.5. The molecule has 0 aromatic carbocycles. The van der Waals surface area contributed by atoms with E-state index in [0.29, 0.717) is 198 Å². The Labute approximate surface area is 474 Å². The van der Waals surface area contributed by atoms with Crippen LogP contribution in [0.1, 0.15) is 0 Å². The van der Waals surface area contributed by atoms with Crippen molar-refractivity contribution in [1.82, 2.24) is 0 Å². The molecule has 48 heteroatoms. The number of rotatable bonds is 0. The summed E-state index contributed by atoms with van der Waals surface area (Å²) in [5.74, 6) is 0. The van der Waals surface area contributed by atoms with Crippen molar-refractivity contribution < 1.29 is 186 Å². The van der Waals surface area contributed by atoms with Crippen LogP contribution in [0.3, 0.4) is 0 Å². The molecule has 18 N–H and O–H groups in total. The van der Waals surface area contributed by atoms with Gasteiger partial charge in [-0.05, 0) is 0 Å². The summed E-state index contributed by atoms with van der Waals surface area (Å²) in [7, 11) is 0. The van der Waals surface area contributed by atoms with Gasteiger partial charge >= 0.3 is 51.2 Å². The molecule has 0 saturated carbocycles. The molecule has 0 spiro atoms. The Hall–Kier alpha value is -4.08. The van der Waals surface area contributed by atoms with Crippen LogP contribution in [0.4, 0.5) is 0 Å². The van der Waals surface area contributed by atoms with E-state index in [1.54, 1.807) is 0 Å².